The van der Waals surface area contributed by atoms with Crippen LogP contribution < -0.4 is 5.32 Å². The number of fused-ring (bicyclic) bond motifs is 10. The van der Waals surface area contributed by atoms with Crippen LogP contribution in [0, 0.1) is 0 Å². The van der Waals surface area contributed by atoms with Gasteiger partial charge in [0.2, 0.25) is 0 Å². The fourth-order valence-corrected chi connectivity index (χ4v) is 5.19. The Morgan fingerprint density at radius 2 is 1.61 bits per heavy atom. The molecule has 0 saturated heterocycles. The summed E-state index contributed by atoms with van der Waals surface area (Å²) in [5, 5.41) is 7.81. The molecule has 4 nitrogen and oxygen atoms in total. The maximum Gasteiger partial charge on any atom is 0.252 e. The average Bonchev–Trinajstić information content (AvgIpc) is 3.34. The number of amides is 1. The van der Waals surface area contributed by atoms with Crippen molar-refractivity contribution >= 4 is 49.5 Å². The van der Waals surface area contributed by atoms with Gasteiger partial charge < -0.3 is 14.5 Å². The third-order valence-electron chi connectivity index (χ3n) is 6.26. The zero-order chi connectivity index (χ0) is 19.0. The van der Waals surface area contributed by atoms with E-state index in [9.17, 15) is 4.79 Å². The summed E-state index contributed by atoms with van der Waals surface area (Å²) in [5.74, 6) is 0.0502. The molecule has 1 aliphatic rings. The quantitative estimate of drug-likeness (QED) is 0.464. The highest BCUT2D eigenvalue weighted by Gasteiger charge is 2.31. The number of para-hydroxylation sites is 2. The molecule has 4 heteroatoms. The Bertz CT molecular complexity index is 1450. The molecule has 1 aliphatic heterocycles. The fourth-order valence-electron chi connectivity index (χ4n) is 5.19. The van der Waals surface area contributed by atoms with E-state index < -0.39 is 0 Å². The Morgan fingerprint density at radius 3 is 2.36 bits per heavy atom. The van der Waals surface area contributed by atoms with Gasteiger partial charge >= 0.3 is 0 Å². The van der Waals surface area contributed by atoms with Crippen molar-refractivity contribution in [3.8, 4) is 0 Å². The molecule has 0 radical (unpaired) electrons. The molecule has 0 unspecified atom stereocenters. The van der Waals surface area contributed by atoms with Crippen molar-refractivity contribution in [2.45, 2.75) is 26.4 Å². The Morgan fingerprint density at radius 1 is 0.929 bits per heavy atom. The van der Waals surface area contributed by atoms with E-state index in [1.54, 1.807) is 0 Å². The normalized spacial score (nSPS) is 13.9. The minimum Gasteiger partial charge on any atom is -0.348 e. The number of nitrogens with one attached hydrogen (secondary N) is 1. The largest absolute Gasteiger partial charge is 0.348 e. The lowest BCUT2D eigenvalue weighted by molar-refractivity contribution is 0.0967. The third-order valence-corrected chi connectivity index (χ3v) is 6.26. The lowest BCUT2D eigenvalue weighted by atomic mass is 9.97. The zero-order valence-corrected chi connectivity index (χ0v) is 16.0. The van der Waals surface area contributed by atoms with Gasteiger partial charge in [-0.25, -0.2) is 0 Å². The molecular formula is C24H21N3O. The minimum absolute atomic E-state index is 0.0502. The van der Waals surface area contributed by atoms with Crippen molar-refractivity contribution in [1.29, 1.82) is 0 Å². The zero-order valence-electron chi connectivity index (χ0n) is 16.0. The minimum atomic E-state index is 0.0502. The van der Waals surface area contributed by atoms with E-state index >= 15 is 0 Å². The number of aryl methyl sites for hydroxylation is 2. The summed E-state index contributed by atoms with van der Waals surface area (Å²) >= 11 is 0. The second kappa shape index (κ2) is 5.38. The van der Waals surface area contributed by atoms with Gasteiger partial charge in [0.1, 0.15) is 0 Å². The summed E-state index contributed by atoms with van der Waals surface area (Å²) in [6, 6.07) is 17.0. The monoisotopic (exact) mass is 367 g/mol. The van der Waals surface area contributed by atoms with Crippen LogP contribution in [0.25, 0.3) is 43.6 Å². The molecule has 1 N–H and O–H groups in total. The van der Waals surface area contributed by atoms with Crippen molar-refractivity contribution in [1.82, 2.24) is 14.5 Å². The Balaban J connectivity index is 2.03. The number of nitrogens with zero attached hydrogens (tertiary/aromatic N) is 2. The maximum absolute atomic E-state index is 12.9. The van der Waals surface area contributed by atoms with Gasteiger partial charge in [0.25, 0.3) is 5.91 Å². The van der Waals surface area contributed by atoms with E-state index in [1.807, 2.05) is 0 Å². The first-order valence-electron chi connectivity index (χ1n) is 9.93. The lowest BCUT2D eigenvalue weighted by Gasteiger charge is -2.10. The second-order valence-electron chi connectivity index (χ2n) is 7.73. The predicted molar refractivity (Wildman–Crippen MR) is 115 cm³/mol. The topological polar surface area (TPSA) is 39.0 Å². The van der Waals surface area contributed by atoms with Gasteiger partial charge in [-0.2, -0.15) is 0 Å². The molecule has 0 atom stereocenters. The van der Waals surface area contributed by atoms with E-state index in [0.29, 0.717) is 6.54 Å². The van der Waals surface area contributed by atoms with Crippen LogP contribution in [0.15, 0.2) is 48.5 Å². The van der Waals surface area contributed by atoms with Gasteiger partial charge in [0.05, 0.1) is 16.6 Å². The van der Waals surface area contributed by atoms with Gasteiger partial charge in [-0.3, -0.25) is 4.79 Å². The first-order valence-corrected chi connectivity index (χ1v) is 9.93. The van der Waals surface area contributed by atoms with Crippen LogP contribution in [0.2, 0.25) is 0 Å². The molecule has 2 aromatic heterocycles. The molecule has 0 saturated carbocycles. The van der Waals surface area contributed by atoms with Gasteiger partial charge in [-0.15, -0.1) is 0 Å². The molecule has 138 valence electrons. The van der Waals surface area contributed by atoms with E-state index in [2.05, 4.69) is 77.0 Å². The van der Waals surface area contributed by atoms with Crippen molar-refractivity contribution in [3.63, 3.8) is 0 Å². The van der Waals surface area contributed by atoms with Gasteiger partial charge in [0, 0.05) is 52.7 Å². The molecule has 6 rings (SSSR count). The molecule has 5 aromatic rings. The molecule has 0 spiro atoms. The third kappa shape index (κ3) is 1.73. The van der Waals surface area contributed by atoms with Crippen LogP contribution in [0.3, 0.4) is 0 Å². The number of carbonyl (C=O) groups excluding carboxylic acids is 1. The van der Waals surface area contributed by atoms with Gasteiger partial charge in [-0.1, -0.05) is 43.3 Å². The summed E-state index contributed by atoms with van der Waals surface area (Å²) in [7, 11) is 2.15. The van der Waals surface area contributed by atoms with E-state index in [1.165, 1.54) is 38.2 Å². The molecule has 3 heterocycles. The van der Waals surface area contributed by atoms with Crippen molar-refractivity contribution < 1.29 is 4.79 Å². The SMILES string of the molecule is CCCn1c2ccccc2c2c3c(c4c5ccccc5n(C)c4c21)CNC3=O. The molecule has 0 aliphatic carbocycles. The number of rotatable bonds is 2. The highest BCUT2D eigenvalue weighted by molar-refractivity contribution is 6.30. The molecular weight excluding hydrogens is 346 g/mol. The summed E-state index contributed by atoms with van der Waals surface area (Å²) in [4.78, 5) is 12.9. The summed E-state index contributed by atoms with van der Waals surface area (Å²) < 4.78 is 4.72. The Kier molecular flexibility index (Phi) is 3.03. The number of carbonyl (C=O) groups is 1. The number of hydrogen-bond acceptors (Lipinski definition) is 1. The molecule has 1 amide bonds. The van der Waals surface area contributed by atoms with Crippen molar-refractivity contribution in [2.24, 2.45) is 7.05 Å². The van der Waals surface area contributed by atoms with Crippen LogP contribution in [-0.4, -0.2) is 15.0 Å². The van der Waals surface area contributed by atoms with Crippen molar-refractivity contribution in [2.75, 3.05) is 0 Å². The number of aromatic nitrogens is 2. The first-order chi connectivity index (χ1) is 13.7. The van der Waals surface area contributed by atoms with E-state index in [4.69, 9.17) is 0 Å². The standard InChI is InChI=1S/C24H21N3O/c1-3-12-27-18-11-7-5-9-15(18)20-21-16(13-25-24(21)28)19-14-8-4-6-10-17(14)26(2)22(19)23(20)27/h4-11H,3,12-13H2,1-2H3,(H,25,28). The average molecular weight is 367 g/mol. The summed E-state index contributed by atoms with van der Waals surface area (Å²) in [6.07, 6.45) is 1.04. The van der Waals surface area contributed by atoms with Crippen LogP contribution in [0.1, 0.15) is 29.3 Å². The van der Waals surface area contributed by atoms with Gasteiger partial charge in [-0.05, 0) is 24.1 Å². The second-order valence-corrected chi connectivity index (χ2v) is 7.73. The van der Waals surface area contributed by atoms with Crippen molar-refractivity contribution in [3.05, 3.63) is 59.7 Å². The lowest BCUT2D eigenvalue weighted by Crippen LogP contribution is -2.12. The molecule has 0 fully saturated rings. The molecule has 0 bridgehead atoms. The Labute approximate surface area is 162 Å². The fraction of sp³-hybridized carbons (Fsp3) is 0.208. The van der Waals surface area contributed by atoms with Crippen LogP contribution in [-0.2, 0) is 20.1 Å². The molecule has 3 aromatic carbocycles. The smallest absolute Gasteiger partial charge is 0.252 e. The van der Waals surface area contributed by atoms with Crippen LogP contribution in [0.4, 0.5) is 0 Å². The van der Waals surface area contributed by atoms with Gasteiger partial charge in [0.15, 0.2) is 0 Å². The maximum atomic E-state index is 12.9. The number of benzene rings is 3. The highest BCUT2D eigenvalue weighted by Crippen LogP contribution is 2.44. The summed E-state index contributed by atoms with van der Waals surface area (Å²) in [6.45, 7) is 3.74. The first kappa shape index (κ1) is 15.8. The van der Waals surface area contributed by atoms with E-state index in [0.717, 1.165) is 29.5 Å². The van der Waals surface area contributed by atoms with E-state index in [-0.39, 0.29) is 5.91 Å². The number of hydrogen-bond donors (Lipinski definition) is 1. The molecule has 28 heavy (non-hydrogen) atoms. The summed E-state index contributed by atoms with van der Waals surface area (Å²) in [5.41, 5.74) is 6.84. The highest BCUT2D eigenvalue weighted by atomic mass is 16.1. The van der Waals surface area contributed by atoms with Crippen LogP contribution in [0.5, 0.6) is 0 Å². The predicted octanol–water partition coefficient (Wildman–Crippen LogP) is 5.09. The Hall–Kier alpha value is -3.27. The van der Waals surface area contributed by atoms with Crippen LogP contribution >= 0.6 is 0 Å².